The molecule has 0 spiro atoms. The maximum absolute atomic E-state index is 11.4. The summed E-state index contributed by atoms with van der Waals surface area (Å²) in [5, 5.41) is 12.6. The molecule has 1 N–H and O–H groups in total. The van der Waals surface area contributed by atoms with E-state index < -0.39 is 0 Å². The third-order valence-electron chi connectivity index (χ3n) is 2.55. The second-order valence-corrected chi connectivity index (χ2v) is 4.99. The summed E-state index contributed by atoms with van der Waals surface area (Å²) >= 11 is 1.52. The summed E-state index contributed by atoms with van der Waals surface area (Å²) in [6.45, 7) is 0. The van der Waals surface area contributed by atoms with Gasteiger partial charge in [-0.3, -0.25) is 4.79 Å². The number of anilines is 1. The summed E-state index contributed by atoms with van der Waals surface area (Å²) in [4.78, 5) is 11.4. The van der Waals surface area contributed by atoms with Gasteiger partial charge < -0.3 is 5.32 Å². The first kappa shape index (κ1) is 8.35. The van der Waals surface area contributed by atoms with Crippen LogP contribution in [0.1, 0.15) is 36.6 Å². The van der Waals surface area contributed by atoms with Gasteiger partial charge in [0.25, 0.3) is 0 Å². The lowest BCUT2D eigenvalue weighted by Gasteiger charge is -1.95. The number of nitrogens with zero attached hydrogens (tertiary/aromatic N) is 2. The Balaban J connectivity index is 1.66. The number of carbonyl (C=O) groups excluding carboxylic acids is 1. The van der Waals surface area contributed by atoms with Crippen molar-refractivity contribution in [3.63, 3.8) is 0 Å². The lowest BCUT2D eigenvalue weighted by molar-refractivity contribution is -0.117. The number of amides is 1. The van der Waals surface area contributed by atoms with E-state index in [0.29, 0.717) is 11.0 Å². The van der Waals surface area contributed by atoms with Gasteiger partial charge in [0, 0.05) is 11.8 Å². The van der Waals surface area contributed by atoms with Crippen LogP contribution < -0.4 is 5.32 Å². The van der Waals surface area contributed by atoms with Crippen LogP contribution in [0.2, 0.25) is 0 Å². The molecule has 0 bridgehead atoms. The summed E-state index contributed by atoms with van der Waals surface area (Å²) < 4.78 is 0. The van der Waals surface area contributed by atoms with Gasteiger partial charge in [-0.05, 0) is 25.7 Å². The zero-order valence-corrected chi connectivity index (χ0v) is 8.51. The fourth-order valence-electron chi connectivity index (χ4n) is 1.33. The maximum Gasteiger partial charge on any atom is 0.229 e. The highest BCUT2D eigenvalue weighted by Crippen LogP contribution is 2.42. The summed E-state index contributed by atoms with van der Waals surface area (Å²) in [6.07, 6.45) is 4.51. The Labute approximate surface area is 85.7 Å². The van der Waals surface area contributed by atoms with Crippen molar-refractivity contribution in [3.05, 3.63) is 5.01 Å². The van der Waals surface area contributed by atoms with Crippen molar-refractivity contribution < 1.29 is 4.79 Å². The zero-order valence-electron chi connectivity index (χ0n) is 7.69. The number of hydrogen-bond donors (Lipinski definition) is 1. The molecule has 2 fully saturated rings. The summed E-state index contributed by atoms with van der Waals surface area (Å²) in [7, 11) is 0. The first-order valence-corrected chi connectivity index (χ1v) is 5.79. The average Bonchev–Trinajstić information content (AvgIpc) is 3.06. The van der Waals surface area contributed by atoms with Crippen molar-refractivity contribution in [1.82, 2.24) is 10.2 Å². The topological polar surface area (TPSA) is 54.9 Å². The molecule has 14 heavy (non-hydrogen) atoms. The van der Waals surface area contributed by atoms with Crippen LogP contribution in [0, 0.1) is 5.92 Å². The van der Waals surface area contributed by atoms with Gasteiger partial charge in [0.05, 0.1) is 0 Å². The summed E-state index contributed by atoms with van der Waals surface area (Å²) in [5.74, 6) is 0.978. The highest BCUT2D eigenvalue weighted by Gasteiger charge is 2.31. The molecule has 0 aromatic carbocycles. The lowest BCUT2D eigenvalue weighted by atomic mass is 10.4. The quantitative estimate of drug-likeness (QED) is 0.825. The Bertz CT molecular complexity index is 368. The molecule has 1 aromatic heterocycles. The SMILES string of the molecule is O=C(Nc1nnc(C2CC2)s1)C1CC1. The van der Waals surface area contributed by atoms with Gasteiger partial charge in [-0.2, -0.15) is 0 Å². The Morgan fingerprint density at radius 1 is 1.29 bits per heavy atom. The van der Waals surface area contributed by atoms with Crippen LogP contribution in [-0.2, 0) is 4.79 Å². The smallest absolute Gasteiger partial charge is 0.229 e. The fourth-order valence-corrected chi connectivity index (χ4v) is 2.25. The van der Waals surface area contributed by atoms with Crippen molar-refractivity contribution in [2.24, 2.45) is 5.92 Å². The molecule has 0 atom stereocenters. The molecule has 3 rings (SSSR count). The monoisotopic (exact) mass is 209 g/mol. The second-order valence-electron chi connectivity index (χ2n) is 3.98. The Kier molecular flexibility index (Phi) is 1.80. The molecule has 1 heterocycles. The average molecular weight is 209 g/mol. The van der Waals surface area contributed by atoms with Crippen LogP contribution in [-0.4, -0.2) is 16.1 Å². The predicted molar refractivity (Wildman–Crippen MR) is 53.2 cm³/mol. The Morgan fingerprint density at radius 3 is 2.71 bits per heavy atom. The molecule has 2 saturated carbocycles. The minimum atomic E-state index is 0.114. The van der Waals surface area contributed by atoms with Gasteiger partial charge >= 0.3 is 0 Å². The summed E-state index contributed by atoms with van der Waals surface area (Å²) in [6, 6.07) is 0. The summed E-state index contributed by atoms with van der Waals surface area (Å²) in [5.41, 5.74) is 0. The van der Waals surface area contributed by atoms with E-state index in [-0.39, 0.29) is 11.8 Å². The minimum Gasteiger partial charge on any atom is -0.300 e. The van der Waals surface area contributed by atoms with Gasteiger partial charge in [0.2, 0.25) is 11.0 Å². The van der Waals surface area contributed by atoms with Crippen LogP contribution in [0.25, 0.3) is 0 Å². The minimum absolute atomic E-state index is 0.114. The predicted octanol–water partition coefficient (Wildman–Crippen LogP) is 1.76. The van der Waals surface area contributed by atoms with Crippen molar-refractivity contribution >= 4 is 22.4 Å². The number of nitrogens with one attached hydrogen (secondary N) is 1. The second kappa shape index (κ2) is 3.02. The third kappa shape index (κ3) is 1.64. The highest BCUT2D eigenvalue weighted by molar-refractivity contribution is 7.15. The molecule has 4 nitrogen and oxygen atoms in total. The highest BCUT2D eigenvalue weighted by atomic mass is 32.1. The number of rotatable bonds is 3. The van der Waals surface area contributed by atoms with Gasteiger partial charge in [-0.1, -0.05) is 11.3 Å². The van der Waals surface area contributed by atoms with E-state index >= 15 is 0 Å². The van der Waals surface area contributed by atoms with Gasteiger partial charge in [-0.15, -0.1) is 10.2 Å². The van der Waals surface area contributed by atoms with E-state index in [9.17, 15) is 4.79 Å². The van der Waals surface area contributed by atoms with Crippen LogP contribution in [0.4, 0.5) is 5.13 Å². The molecule has 0 unspecified atom stereocenters. The molecule has 5 heteroatoms. The van der Waals surface area contributed by atoms with Crippen molar-refractivity contribution in [1.29, 1.82) is 0 Å². The largest absolute Gasteiger partial charge is 0.300 e. The molecule has 0 saturated heterocycles. The van der Waals surface area contributed by atoms with E-state index in [1.54, 1.807) is 0 Å². The molecular weight excluding hydrogens is 198 g/mol. The molecule has 1 amide bonds. The molecule has 0 aliphatic heterocycles. The standard InChI is InChI=1S/C9H11N3OS/c13-7(5-1-2-5)10-9-12-11-8(14-9)6-3-4-6/h5-6H,1-4H2,(H,10,12,13). The Morgan fingerprint density at radius 2 is 2.07 bits per heavy atom. The number of carbonyl (C=O) groups is 1. The fraction of sp³-hybridized carbons (Fsp3) is 0.667. The van der Waals surface area contributed by atoms with Gasteiger partial charge in [0.1, 0.15) is 5.01 Å². The van der Waals surface area contributed by atoms with E-state index in [1.807, 2.05) is 0 Å². The molecule has 0 radical (unpaired) electrons. The van der Waals surface area contributed by atoms with Crippen molar-refractivity contribution in [2.75, 3.05) is 5.32 Å². The van der Waals surface area contributed by atoms with E-state index in [4.69, 9.17) is 0 Å². The van der Waals surface area contributed by atoms with Crippen LogP contribution in [0.3, 0.4) is 0 Å². The number of hydrogen-bond acceptors (Lipinski definition) is 4. The van der Waals surface area contributed by atoms with Gasteiger partial charge in [-0.25, -0.2) is 0 Å². The molecule has 74 valence electrons. The first-order chi connectivity index (χ1) is 6.83. The number of aromatic nitrogens is 2. The van der Waals surface area contributed by atoms with Crippen molar-refractivity contribution in [2.45, 2.75) is 31.6 Å². The molecule has 2 aliphatic carbocycles. The van der Waals surface area contributed by atoms with Crippen molar-refractivity contribution in [3.8, 4) is 0 Å². The third-order valence-corrected chi connectivity index (χ3v) is 3.55. The van der Waals surface area contributed by atoms with Crippen LogP contribution in [0.15, 0.2) is 0 Å². The molecule has 2 aliphatic rings. The van der Waals surface area contributed by atoms with E-state index in [0.717, 1.165) is 17.8 Å². The normalized spacial score (nSPS) is 20.9. The van der Waals surface area contributed by atoms with E-state index in [2.05, 4.69) is 15.5 Å². The molecular formula is C9H11N3OS. The van der Waals surface area contributed by atoms with Crippen LogP contribution >= 0.6 is 11.3 Å². The zero-order chi connectivity index (χ0) is 9.54. The lowest BCUT2D eigenvalue weighted by Crippen LogP contribution is -2.12. The Hall–Kier alpha value is -0.970. The maximum atomic E-state index is 11.4. The first-order valence-electron chi connectivity index (χ1n) is 4.97. The van der Waals surface area contributed by atoms with Crippen LogP contribution in [0.5, 0.6) is 0 Å². The van der Waals surface area contributed by atoms with E-state index in [1.165, 1.54) is 24.2 Å². The van der Waals surface area contributed by atoms with Gasteiger partial charge in [0.15, 0.2) is 0 Å². The molecule has 1 aromatic rings.